The van der Waals surface area contributed by atoms with Crippen molar-refractivity contribution in [2.75, 3.05) is 50.7 Å². The molecule has 2 fully saturated rings. The molecule has 158 valence electrons. The Morgan fingerprint density at radius 3 is 2.24 bits per heavy atom. The number of benzene rings is 1. The molecule has 0 saturated carbocycles. The summed E-state index contributed by atoms with van der Waals surface area (Å²) in [6, 6.07) is 10.1. The molecule has 2 aliphatic heterocycles. The van der Waals surface area contributed by atoms with Gasteiger partial charge < -0.3 is 14.5 Å². The van der Waals surface area contributed by atoms with Gasteiger partial charge >= 0.3 is 6.09 Å². The lowest BCUT2D eigenvalue weighted by atomic mass is 9.93. The summed E-state index contributed by atoms with van der Waals surface area (Å²) in [4.78, 5) is 19.0. The molecule has 3 rings (SSSR count). The van der Waals surface area contributed by atoms with Gasteiger partial charge in [-0.25, -0.2) is 4.79 Å². The molecule has 6 nitrogen and oxygen atoms in total. The van der Waals surface area contributed by atoms with Gasteiger partial charge in [-0.05, 0) is 76.8 Å². The Labute approximate surface area is 175 Å². The highest BCUT2D eigenvalue weighted by Gasteiger charge is 2.27. The largest absolute Gasteiger partial charge is 0.444 e. The van der Waals surface area contributed by atoms with E-state index >= 15 is 0 Å². The van der Waals surface area contributed by atoms with Crippen molar-refractivity contribution in [3.8, 4) is 6.07 Å². The highest BCUT2D eigenvalue weighted by atomic mass is 16.6. The highest BCUT2D eigenvalue weighted by Crippen LogP contribution is 2.23. The van der Waals surface area contributed by atoms with Crippen molar-refractivity contribution >= 4 is 11.8 Å². The zero-order valence-electron chi connectivity index (χ0n) is 18.1. The van der Waals surface area contributed by atoms with Crippen LogP contribution in [0.2, 0.25) is 0 Å². The van der Waals surface area contributed by atoms with Crippen molar-refractivity contribution in [1.29, 1.82) is 5.26 Å². The van der Waals surface area contributed by atoms with Crippen LogP contribution in [0.3, 0.4) is 0 Å². The van der Waals surface area contributed by atoms with Gasteiger partial charge in [-0.2, -0.15) is 5.26 Å². The van der Waals surface area contributed by atoms with Gasteiger partial charge in [0, 0.05) is 45.0 Å². The Balaban J connectivity index is 1.35. The molecule has 1 aromatic carbocycles. The normalized spacial score (nSPS) is 19.1. The van der Waals surface area contributed by atoms with E-state index in [1.807, 2.05) is 49.9 Å². The van der Waals surface area contributed by atoms with E-state index in [9.17, 15) is 4.79 Å². The van der Waals surface area contributed by atoms with Crippen LogP contribution in [0.1, 0.15) is 45.6 Å². The number of carbonyl (C=O) groups is 1. The van der Waals surface area contributed by atoms with Crippen molar-refractivity contribution in [2.45, 2.75) is 45.6 Å². The second kappa shape index (κ2) is 9.49. The van der Waals surface area contributed by atoms with Crippen LogP contribution < -0.4 is 4.90 Å². The van der Waals surface area contributed by atoms with Crippen molar-refractivity contribution in [1.82, 2.24) is 9.80 Å². The quantitative estimate of drug-likeness (QED) is 0.774. The molecule has 0 aliphatic carbocycles. The van der Waals surface area contributed by atoms with Crippen molar-refractivity contribution in [3.05, 3.63) is 29.8 Å². The second-order valence-electron chi connectivity index (χ2n) is 9.19. The number of hydrogen-bond acceptors (Lipinski definition) is 5. The SMILES string of the molecule is CC(C)(C)OC(=O)N1CCC(CCN2CCN(c3ccc(C#N)cc3)CC2)CC1. The molecule has 2 aliphatic rings. The van der Waals surface area contributed by atoms with Gasteiger partial charge in [0.15, 0.2) is 0 Å². The molecule has 2 saturated heterocycles. The van der Waals surface area contributed by atoms with Crippen LogP contribution in [0.25, 0.3) is 0 Å². The van der Waals surface area contributed by atoms with Crippen LogP contribution in [0, 0.1) is 17.2 Å². The maximum absolute atomic E-state index is 12.2. The Morgan fingerprint density at radius 1 is 1.07 bits per heavy atom. The first-order chi connectivity index (χ1) is 13.8. The van der Waals surface area contributed by atoms with E-state index in [-0.39, 0.29) is 6.09 Å². The minimum absolute atomic E-state index is 0.171. The molecule has 0 atom stereocenters. The fourth-order valence-electron chi connectivity index (χ4n) is 4.07. The molecule has 0 radical (unpaired) electrons. The third-order valence-electron chi connectivity index (χ3n) is 5.85. The zero-order valence-corrected chi connectivity index (χ0v) is 18.1. The van der Waals surface area contributed by atoms with E-state index in [0.29, 0.717) is 11.5 Å². The van der Waals surface area contributed by atoms with Crippen LogP contribution in [-0.2, 0) is 4.74 Å². The Bertz CT molecular complexity index is 704. The molecule has 0 unspecified atom stereocenters. The predicted octanol–water partition coefficient (Wildman–Crippen LogP) is 3.72. The summed E-state index contributed by atoms with van der Waals surface area (Å²) in [6.07, 6.45) is 3.18. The van der Waals surface area contributed by atoms with Crippen LogP contribution in [0.15, 0.2) is 24.3 Å². The zero-order chi connectivity index (χ0) is 20.9. The molecule has 29 heavy (non-hydrogen) atoms. The fraction of sp³-hybridized carbons (Fsp3) is 0.652. The number of ether oxygens (including phenoxy) is 1. The van der Waals surface area contributed by atoms with E-state index in [1.54, 1.807) is 0 Å². The number of likely N-dealkylation sites (tertiary alicyclic amines) is 1. The number of hydrogen-bond donors (Lipinski definition) is 0. The molecule has 0 aromatic heterocycles. The topological polar surface area (TPSA) is 59.8 Å². The van der Waals surface area contributed by atoms with Gasteiger partial charge in [-0.15, -0.1) is 0 Å². The summed E-state index contributed by atoms with van der Waals surface area (Å²) >= 11 is 0. The van der Waals surface area contributed by atoms with Crippen LogP contribution in [0.5, 0.6) is 0 Å². The van der Waals surface area contributed by atoms with Gasteiger partial charge in [0.25, 0.3) is 0 Å². The Kier molecular flexibility index (Phi) is 7.02. The predicted molar refractivity (Wildman–Crippen MR) is 115 cm³/mol. The van der Waals surface area contributed by atoms with Crippen molar-refractivity contribution < 1.29 is 9.53 Å². The number of piperazine rings is 1. The monoisotopic (exact) mass is 398 g/mol. The lowest BCUT2D eigenvalue weighted by Gasteiger charge is -2.38. The maximum Gasteiger partial charge on any atom is 0.410 e. The first-order valence-electron chi connectivity index (χ1n) is 10.8. The van der Waals surface area contributed by atoms with E-state index in [1.165, 1.54) is 12.1 Å². The Morgan fingerprint density at radius 2 is 1.69 bits per heavy atom. The van der Waals surface area contributed by atoms with Gasteiger partial charge in [-0.1, -0.05) is 0 Å². The van der Waals surface area contributed by atoms with Crippen LogP contribution >= 0.6 is 0 Å². The molecular weight excluding hydrogens is 364 g/mol. The smallest absolute Gasteiger partial charge is 0.410 e. The molecule has 1 amide bonds. The standard InChI is InChI=1S/C23H34N4O2/c1-23(2,3)29-22(28)27-12-9-19(10-13-27)8-11-25-14-16-26(17-15-25)21-6-4-20(18-24)5-7-21/h4-7,19H,8-17H2,1-3H3. The van der Waals surface area contributed by atoms with Gasteiger partial charge in [0.05, 0.1) is 11.6 Å². The van der Waals surface area contributed by atoms with E-state index < -0.39 is 5.60 Å². The Hall–Kier alpha value is -2.26. The fourth-order valence-corrected chi connectivity index (χ4v) is 4.07. The van der Waals surface area contributed by atoms with Gasteiger partial charge in [0.2, 0.25) is 0 Å². The average molecular weight is 399 g/mol. The summed E-state index contributed by atoms with van der Waals surface area (Å²) < 4.78 is 5.49. The maximum atomic E-state index is 12.2. The highest BCUT2D eigenvalue weighted by molar-refractivity contribution is 5.68. The summed E-state index contributed by atoms with van der Waals surface area (Å²) in [5, 5.41) is 8.93. The van der Waals surface area contributed by atoms with Crippen molar-refractivity contribution in [3.63, 3.8) is 0 Å². The summed E-state index contributed by atoms with van der Waals surface area (Å²) in [5.41, 5.74) is 1.50. The first-order valence-corrected chi connectivity index (χ1v) is 10.8. The van der Waals surface area contributed by atoms with Gasteiger partial charge in [-0.3, -0.25) is 4.90 Å². The number of carbonyl (C=O) groups excluding carboxylic acids is 1. The number of rotatable bonds is 4. The third kappa shape index (κ3) is 6.37. The first kappa shape index (κ1) is 21.4. The number of nitriles is 1. The second-order valence-corrected chi connectivity index (χ2v) is 9.19. The molecule has 6 heteroatoms. The number of piperidine rings is 1. The van der Waals surface area contributed by atoms with E-state index in [4.69, 9.17) is 10.00 Å². The van der Waals surface area contributed by atoms with Crippen LogP contribution in [0.4, 0.5) is 10.5 Å². The number of nitrogens with zero attached hydrogens (tertiary/aromatic N) is 4. The average Bonchev–Trinajstić information content (AvgIpc) is 2.72. The molecule has 2 heterocycles. The minimum Gasteiger partial charge on any atom is -0.444 e. The number of anilines is 1. The molecule has 0 bridgehead atoms. The van der Waals surface area contributed by atoms with E-state index in [2.05, 4.69) is 15.9 Å². The lowest BCUT2D eigenvalue weighted by molar-refractivity contribution is 0.0177. The minimum atomic E-state index is -0.423. The molecular formula is C23H34N4O2. The van der Waals surface area contributed by atoms with Crippen LogP contribution in [-0.4, -0.2) is 67.3 Å². The van der Waals surface area contributed by atoms with Crippen molar-refractivity contribution in [2.24, 2.45) is 5.92 Å². The summed E-state index contributed by atoms with van der Waals surface area (Å²) in [5.74, 6) is 0.699. The lowest BCUT2D eigenvalue weighted by Crippen LogP contribution is -2.47. The third-order valence-corrected chi connectivity index (χ3v) is 5.85. The summed E-state index contributed by atoms with van der Waals surface area (Å²) in [6.45, 7) is 12.7. The number of amides is 1. The van der Waals surface area contributed by atoms with Gasteiger partial charge in [0.1, 0.15) is 5.60 Å². The molecule has 0 spiro atoms. The summed E-state index contributed by atoms with van der Waals surface area (Å²) in [7, 11) is 0. The molecule has 0 N–H and O–H groups in total. The molecule has 1 aromatic rings. The van der Waals surface area contributed by atoms with E-state index in [0.717, 1.165) is 58.7 Å².